The summed E-state index contributed by atoms with van der Waals surface area (Å²) in [6.45, 7) is 3.91. The molecule has 2 fully saturated rings. The average molecular weight is 662 g/mol. The molecule has 14 heteroatoms. The topological polar surface area (TPSA) is 110 Å². The van der Waals surface area contributed by atoms with Crippen LogP contribution in [-0.4, -0.2) is 60.3 Å². The van der Waals surface area contributed by atoms with Crippen molar-refractivity contribution in [3.8, 4) is 22.0 Å². The lowest BCUT2D eigenvalue weighted by Gasteiger charge is -2.35. The molecule has 0 spiro atoms. The number of aromatic nitrogens is 3. The van der Waals surface area contributed by atoms with Crippen LogP contribution in [0.2, 0.25) is 10.0 Å². The Morgan fingerprint density at radius 1 is 1.02 bits per heavy atom. The van der Waals surface area contributed by atoms with E-state index in [2.05, 4.69) is 21.7 Å². The molecule has 10 nitrogen and oxygen atoms in total. The number of ether oxygens (including phenoxy) is 1. The van der Waals surface area contributed by atoms with Crippen LogP contribution in [0.5, 0.6) is 5.75 Å². The molecule has 2 aromatic heterocycles. The lowest BCUT2D eigenvalue weighted by atomic mass is 10.2. The van der Waals surface area contributed by atoms with Gasteiger partial charge in [0, 0.05) is 64.8 Å². The van der Waals surface area contributed by atoms with E-state index in [1.54, 1.807) is 48.8 Å². The number of nitrogens with zero attached hydrogens (tertiary/aromatic N) is 5. The first-order chi connectivity index (χ1) is 20.6. The standard InChI is InChI=1S/C29H30Cl2N6O4S2/c1-29(9-10-29)19-41-26-25(18-33-37(28(26)38)23-4-2-3-22(31)15-23)35-11-13-36(14-12-35)43(39,40)34-17-24-16-32-27(42-24)20-5-7-21(30)8-6-20/h2-8,15-16,18,34H,9-14,17,19H2,1H3. The second kappa shape index (κ2) is 12.2. The van der Waals surface area contributed by atoms with E-state index >= 15 is 0 Å². The van der Waals surface area contributed by atoms with Crippen LogP contribution in [-0.2, 0) is 16.8 Å². The van der Waals surface area contributed by atoms with Gasteiger partial charge in [-0.05, 0) is 43.2 Å². The summed E-state index contributed by atoms with van der Waals surface area (Å²) in [5, 5.41) is 6.34. The number of hydrogen-bond donors (Lipinski definition) is 1. The van der Waals surface area contributed by atoms with E-state index in [0.29, 0.717) is 41.1 Å². The predicted octanol–water partition coefficient (Wildman–Crippen LogP) is 5.00. The van der Waals surface area contributed by atoms with E-state index in [4.69, 9.17) is 27.9 Å². The highest BCUT2D eigenvalue weighted by molar-refractivity contribution is 7.87. The molecule has 0 unspecified atom stereocenters. The Morgan fingerprint density at radius 3 is 2.47 bits per heavy atom. The van der Waals surface area contributed by atoms with Gasteiger partial charge in [-0.1, -0.05) is 48.3 Å². The molecule has 2 aromatic carbocycles. The van der Waals surface area contributed by atoms with Crippen LogP contribution in [0.4, 0.5) is 5.69 Å². The summed E-state index contributed by atoms with van der Waals surface area (Å²) in [6, 6.07) is 14.3. The minimum absolute atomic E-state index is 0.0555. The van der Waals surface area contributed by atoms with Crippen molar-refractivity contribution in [2.24, 2.45) is 5.41 Å². The Balaban J connectivity index is 1.13. The third-order valence-electron chi connectivity index (χ3n) is 7.63. The monoisotopic (exact) mass is 660 g/mol. The molecule has 6 rings (SSSR count). The van der Waals surface area contributed by atoms with E-state index in [1.807, 2.05) is 17.0 Å². The summed E-state index contributed by atoms with van der Waals surface area (Å²) < 4.78 is 37.8. The Morgan fingerprint density at radius 2 is 1.77 bits per heavy atom. The van der Waals surface area contributed by atoms with Gasteiger partial charge in [0.05, 0.1) is 18.5 Å². The van der Waals surface area contributed by atoms with Crippen molar-refractivity contribution >= 4 is 50.4 Å². The molecule has 1 N–H and O–H groups in total. The number of anilines is 1. The van der Waals surface area contributed by atoms with Crippen LogP contribution in [0.1, 0.15) is 24.6 Å². The van der Waals surface area contributed by atoms with E-state index in [1.165, 1.54) is 20.3 Å². The zero-order chi connectivity index (χ0) is 30.2. The molecule has 3 heterocycles. The fourth-order valence-electron chi connectivity index (χ4n) is 4.72. The minimum Gasteiger partial charge on any atom is -0.486 e. The first-order valence-electron chi connectivity index (χ1n) is 13.8. The Bertz CT molecular complexity index is 1780. The zero-order valence-electron chi connectivity index (χ0n) is 23.4. The molecule has 43 heavy (non-hydrogen) atoms. The van der Waals surface area contributed by atoms with Gasteiger partial charge < -0.3 is 9.64 Å². The minimum atomic E-state index is -3.74. The average Bonchev–Trinajstić information content (AvgIpc) is 3.54. The van der Waals surface area contributed by atoms with Gasteiger partial charge in [0.1, 0.15) is 10.7 Å². The van der Waals surface area contributed by atoms with Crippen LogP contribution in [0.15, 0.2) is 65.7 Å². The van der Waals surface area contributed by atoms with Crippen LogP contribution in [0, 0.1) is 5.41 Å². The number of nitrogens with one attached hydrogen (secondary N) is 1. The summed E-state index contributed by atoms with van der Waals surface area (Å²) in [5.74, 6) is 0.208. The number of halogens is 2. The van der Waals surface area contributed by atoms with Gasteiger partial charge in [0.25, 0.3) is 10.2 Å². The quantitative estimate of drug-likeness (QED) is 0.255. The third kappa shape index (κ3) is 6.89. The molecule has 0 bridgehead atoms. The van der Waals surface area contributed by atoms with Gasteiger partial charge in [0.2, 0.25) is 5.75 Å². The summed E-state index contributed by atoms with van der Waals surface area (Å²) >= 11 is 13.6. The predicted molar refractivity (Wildman–Crippen MR) is 170 cm³/mol. The third-order valence-corrected chi connectivity index (χ3v) is 10.7. The van der Waals surface area contributed by atoms with Crippen molar-refractivity contribution in [1.29, 1.82) is 0 Å². The molecule has 0 atom stereocenters. The van der Waals surface area contributed by atoms with Crippen LogP contribution >= 0.6 is 34.5 Å². The van der Waals surface area contributed by atoms with Gasteiger partial charge in [-0.15, -0.1) is 11.3 Å². The molecule has 1 saturated heterocycles. The van der Waals surface area contributed by atoms with Gasteiger partial charge in [-0.25, -0.2) is 4.98 Å². The van der Waals surface area contributed by atoms with Crippen molar-refractivity contribution in [1.82, 2.24) is 23.8 Å². The Hall–Kier alpha value is -3.00. The molecule has 226 valence electrons. The zero-order valence-corrected chi connectivity index (χ0v) is 26.5. The highest BCUT2D eigenvalue weighted by Gasteiger charge is 2.39. The molecule has 0 radical (unpaired) electrons. The van der Waals surface area contributed by atoms with Gasteiger partial charge in [0.15, 0.2) is 0 Å². The molecular weight excluding hydrogens is 631 g/mol. The largest absolute Gasteiger partial charge is 0.486 e. The lowest BCUT2D eigenvalue weighted by molar-refractivity contribution is 0.242. The van der Waals surface area contributed by atoms with Crippen molar-refractivity contribution in [3.63, 3.8) is 0 Å². The second-order valence-corrected chi connectivity index (χ2v) is 14.7. The van der Waals surface area contributed by atoms with Crippen molar-refractivity contribution in [3.05, 3.63) is 86.2 Å². The SMILES string of the molecule is CC1(COc2c(N3CCN(S(=O)(=O)NCc4cnc(-c5ccc(Cl)cc5)s4)CC3)cnn(-c3cccc(Cl)c3)c2=O)CC1. The van der Waals surface area contributed by atoms with E-state index in [9.17, 15) is 13.2 Å². The number of thiazole rings is 1. The molecule has 1 aliphatic heterocycles. The number of rotatable bonds is 10. The van der Waals surface area contributed by atoms with Crippen molar-refractivity contribution in [2.45, 2.75) is 26.3 Å². The fraction of sp³-hybridized carbons (Fsp3) is 0.345. The van der Waals surface area contributed by atoms with Crippen LogP contribution in [0.25, 0.3) is 16.3 Å². The van der Waals surface area contributed by atoms with Gasteiger partial charge >= 0.3 is 5.56 Å². The number of hydrogen-bond acceptors (Lipinski definition) is 8. The maximum atomic E-state index is 13.6. The smallest absolute Gasteiger partial charge is 0.316 e. The first-order valence-corrected chi connectivity index (χ1v) is 16.8. The summed E-state index contributed by atoms with van der Waals surface area (Å²) in [6.07, 6.45) is 5.38. The number of benzene rings is 2. The van der Waals surface area contributed by atoms with Crippen LogP contribution < -0.4 is 19.9 Å². The second-order valence-electron chi connectivity index (χ2n) is 11.0. The van der Waals surface area contributed by atoms with Crippen LogP contribution in [0.3, 0.4) is 0 Å². The highest BCUT2D eigenvalue weighted by atomic mass is 35.5. The van der Waals surface area contributed by atoms with Crippen molar-refractivity contribution in [2.75, 3.05) is 37.7 Å². The van der Waals surface area contributed by atoms with Gasteiger partial charge in [-0.3, -0.25) is 4.79 Å². The van der Waals surface area contributed by atoms with E-state index < -0.39 is 10.2 Å². The van der Waals surface area contributed by atoms with Gasteiger partial charge in [-0.2, -0.15) is 27.2 Å². The maximum Gasteiger partial charge on any atom is 0.316 e. The Kier molecular flexibility index (Phi) is 8.51. The summed E-state index contributed by atoms with van der Waals surface area (Å²) in [7, 11) is -3.74. The fourth-order valence-corrected chi connectivity index (χ4v) is 7.15. The normalized spacial score (nSPS) is 16.8. The summed E-state index contributed by atoms with van der Waals surface area (Å²) in [4.78, 5) is 20.8. The van der Waals surface area contributed by atoms with Crippen molar-refractivity contribution < 1.29 is 13.2 Å². The molecular formula is C29H30Cl2N6O4S2. The summed E-state index contributed by atoms with van der Waals surface area (Å²) in [5.41, 5.74) is 1.68. The highest BCUT2D eigenvalue weighted by Crippen LogP contribution is 2.45. The molecule has 1 saturated carbocycles. The first kappa shape index (κ1) is 30.0. The molecule has 1 aliphatic carbocycles. The van der Waals surface area contributed by atoms with E-state index in [0.717, 1.165) is 28.3 Å². The molecule has 0 amide bonds. The molecule has 4 aromatic rings. The molecule has 2 aliphatic rings. The lowest BCUT2D eigenvalue weighted by Crippen LogP contribution is -2.52. The van der Waals surface area contributed by atoms with E-state index in [-0.39, 0.29) is 36.4 Å². The number of piperazine rings is 1. The Labute approximate surface area is 264 Å². The maximum absolute atomic E-state index is 13.6.